The van der Waals surface area contributed by atoms with Gasteiger partial charge in [-0.25, -0.2) is 0 Å². The molecule has 2 heteroatoms. The van der Waals surface area contributed by atoms with Gasteiger partial charge >= 0.3 is 0 Å². The predicted molar refractivity (Wildman–Crippen MR) is 89.2 cm³/mol. The van der Waals surface area contributed by atoms with Gasteiger partial charge in [0.15, 0.2) is 8.83 Å². The van der Waals surface area contributed by atoms with Crippen LogP contribution in [-0.2, 0) is 0 Å². The number of halogens is 1. The highest BCUT2D eigenvalue weighted by Gasteiger charge is 2.08. The fourth-order valence-electron chi connectivity index (χ4n) is 2.87. The summed E-state index contributed by atoms with van der Waals surface area (Å²) < 4.78 is 0. The molecular weight excluding hydrogens is 268 g/mol. The van der Waals surface area contributed by atoms with Crippen LogP contribution in [0.1, 0.15) is 44.9 Å². The zero-order chi connectivity index (χ0) is 13.3. The zero-order valence-corrected chi connectivity index (χ0v) is 13.9. The normalized spacial score (nSPS) is 28.8. The van der Waals surface area contributed by atoms with E-state index in [1.54, 1.807) is 0 Å². The second kappa shape index (κ2) is 8.60. The quantitative estimate of drug-likeness (QED) is 0.386. The summed E-state index contributed by atoms with van der Waals surface area (Å²) in [6.45, 7) is 0. The lowest BCUT2D eigenvalue weighted by Gasteiger charge is -2.15. The molecule has 0 aromatic heterocycles. The van der Waals surface area contributed by atoms with E-state index in [1.165, 1.54) is 43.7 Å². The third-order valence-corrected chi connectivity index (χ3v) is 5.95. The second-order valence-electron chi connectivity index (χ2n) is 5.68. The molecule has 0 saturated carbocycles. The molecule has 0 spiro atoms. The van der Waals surface area contributed by atoms with Crippen molar-refractivity contribution in [1.82, 2.24) is 0 Å². The Bertz CT molecular complexity index is 379. The summed E-state index contributed by atoms with van der Waals surface area (Å²) >= 11 is 6.22. The van der Waals surface area contributed by atoms with Crippen molar-refractivity contribution in [3.8, 4) is 0 Å². The van der Waals surface area contributed by atoms with Crippen LogP contribution < -0.4 is 0 Å². The summed E-state index contributed by atoms with van der Waals surface area (Å²) in [7, 11) is -0.522. The van der Waals surface area contributed by atoms with E-state index in [9.17, 15) is 0 Å². The molecule has 0 aromatic rings. The molecule has 0 radical (unpaired) electrons. The molecule has 0 amide bonds. The molecule has 2 unspecified atom stereocenters. The zero-order valence-electron chi connectivity index (χ0n) is 11.7. The van der Waals surface area contributed by atoms with Crippen molar-refractivity contribution in [3.63, 3.8) is 0 Å². The monoisotopic (exact) mass is 292 g/mol. The highest BCUT2D eigenvalue weighted by atomic mass is 35.6. The highest BCUT2D eigenvalue weighted by Crippen LogP contribution is 2.23. The van der Waals surface area contributed by atoms with Crippen LogP contribution in [0.25, 0.3) is 0 Å². The van der Waals surface area contributed by atoms with Gasteiger partial charge in [0.25, 0.3) is 0 Å². The fourth-order valence-corrected chi connectivity index (χ4v) is 4.17. The van der Waals surface area contributed by atoms with Crippen molar-refractivity contribution in [2.45, 2.75) is 44.9 Å². The number of rotatable bonds is 5. The van der Waals surface area contributed by atoms with Gasteiger partial charge in [-0.3, -0.25) is 0 Å². The summed E-state index contributed by atoms with van der Waals surface area (Å²) in [5.41, 5.74) is 0. The Hall–Kier alpha value is -0.533. The topological polar surface area (TPSA) is 0 Å². The molecule has 0 aromatic carbocycles. The SMILES string of the molecule is Cl[SiH2]C(=CC1CC=CCC1)CC=CC1CC=CCC1. The third-order valence-electron chi connectivity index (χ3n) is 4.05. The highest BCUT2D eigenvalue weighted by molar-refractivity contribution is 6.97. The molecule has 19 heavy (non-hydrogen) atoms. The van der Waals surface area contributed by atoms with Crippen LogP contribution in [0.5, 0.6) is 0 Å². The minimum absolute atomic E-state index is 0.522. The van der Waals surface area contributed by atoms with Crippen molar-refractivity contribution in [2.75, 3.05) is 0 Å². The van der Waals surface area contributed by atoms with Crippen molar-refractivity contribution in [2.24, 2.45) is 11.8 Å². The Balaban J connectivity index is 1.81. The lowest BCUT2D eigenvalue weighted by molar-refractivity contribution is 0.579. The van der Waals surface area contributed by atoms with E-state index in [0.717, 1.165) is 18.3 Å². The first-order valence-corrected chi connectivity index (χ1v) is 10.4. The molecular formula is C17H25ClSi. The van der Waals surface area contributed by atoms with Crippen molar-refractivity contribution >= 4 is 19.9 Å². The Morgan fingerprint density at radius 1 is 1.05 bits per heavy atom. The van der Waals surface area contributed by atoms with Crippen LogP contribution in [-0.4, -0.2) is 8.83 Å². The fraction of sp³-hybridized carbons (Fsp3) is 0.529. The minimum Gasteiger partial charge on any atom is -0.170 e. The van der Waals surface area contributed by atoms with Gasteiger partial charge in [-0.15, -0.1) is 0 Å². The molecule has 0 fully saturated rings. The van der Waals surface area contributed by atoms with E-state index in [4.69, 9.17) is 11.1 Å². The molecule has 2 aliphatic carbocycles. The number of hydrogen-bond acceptors (Lipinski definition) is 0. The van der Waals surface area contributed by atoms with Gasteiger partial charge < -0.3 is 0 Å². The van der Waals surface area contributed by atoms with Gasteiger partial charge in [0.05, 0.1) is 0 Å². The first-order chi connectivity index (χ1) is 9.38. The van der Waals surface area contributed by atoms with Gasteiger partial charge in [-0.05, 0) is 56.8 Å². The molecule has 2 aliphatic rings. The summed E-state index contributed by atoms with van der Waals surface area (Å²) in [6.07, 6.45) is 25.2. The molecule has 2 rings (SSSR count). The second-order valence-corrected chi connectivity index (χ2v) is 7.66. The molecule has 0 N–H and O–H groups in total. The smallest absolute Gasteiger partial charge is 0.151 e. The van der Waals surface area contributed by atoms with Gasteiger partial charge in [0.2, 0.25) is 0 Å². The van der Waals surface area contributed by atoms with Gasteiger partial charge in [-0.1, -0.05) is 47.7 Å². The van der Waals surface area contributed by atoms with Crippen molar-refractivity contribution < 1.29 is 0 Å². The largest absolute Gasteiger partial charge is 0.170 e. The predicted octanol–water partition coefficient (Wildman–Crippen LogP) is 4.85. The first-order valence-electron chi connectivity index (χ1n) is 7.60. The summed E-state index contributed by atoms with van der Waals surface area (Å²) in [4.78, 5) is 0. The molecule has 2 atom stereocenters. The minimum atomic E-state index is -0.522. The van der Waals surface area contributed by atoms with Crippen molar-refractivity contribution in [3.05, 3.63) is 47.7 Å². The van der Waals surface area contributed by atoms with E-state index >= 15 is 0 Å². The standard InChI is InChI=1S/C17H25ClSi/c18-19-17(14-16-10-5-2-6-11-16)13-7-12-15-8-3-1-4-9-15/h1-3,5,7,12,14-16H,4,6,8-11,13,19H2. The Kier molecular flexibility index (Phi) is 6.73. The number of hydrogen-bond donors (Lipinski definition) is 0. The maximum Gasteiger partial charge on any atom is 0.151 e. The molecule has 0 aliphatic heterocycles. The van der Waals surface area contributed by atoms with Crippen LogP contribution >= 0.6 is 11.1 Å². The summed E-state index contributed by atoms with van der Waals surface area (Å²) in [6, 6.07) is 0. The maximum absolute atomic E-state index is 6.22. The molecule has 104 valence electrons. The van der Waals surface area contributed by atoms with E-state index in [-0.39, 0.29) is 0 Å². The average Bonchev–Trinajstić information content (AvgIpc) is 2.48. The lowest BCUT2D eigenvalue weighted by atomic mass is 9.93. The Labute approximate surface area is 124 Å². The Morgan fingerprint density at radius 3 is 2.32 bits per heavy atom. The van der Waals surface area contributed by atoms with E-state index in [1.807, 2.05) is 0 Å². The molecule has 0 heterocycles. The van der Waals surface area contributed by atoms with E-state index < -0.39 is 8.83 Å². The first kappa shape index (κ1) is 14.9. The van der Waals surface area contributed by atoms with Gasteiger partial charge in [0.1, 0.15) is 0 Å². The molecule has 0 nitrogen and oxygen atoms in total. The summed E-state index contributed by atoms with van der Waals surface area (Å²) in [5.74, 6) is 1.51. The van der Waals surface area contributed by atoms with E-state index in [2.05, 4.69) is 42.5 Å². The average molecular weight is 293 g/mol. The van der Waals surface area contributed by atoms with Crippen LogP contribution in [0.2, 0.25) is 0 Å². The van der Waals surface area contributed by atoms with Crippen LogP contribution in [0.15, 0.2) is 47.7 Å². The van der Waals surface area contributed by atoms with Crippen LogP contribution in [0.3, 0.4) is 0 Å². The molecule has 0 saturated heterocycles. The van der Waals surface area contributed by atoms with Crippen molar-refractivity contribution in [1.29, 1.82) is 0 Å². The van der Waals surface area contributed by atoms with Gasteiger partial charge in [-0.2, -0.15) is 11.1 Å². The summed E-state index contributed by atoms with van der Waals surface area (Å²) in [5, 5.41) is 1.53. The lowest BCUT2D eigenvalue weighted by Crippen LogP contribution is -2.02. The maximum atomic E-state index is 6.22. The number of allylic oxidation sites excluding steroid dienone is 8. The molecule has 0 bridgehead atoms. The van der Waals surface area contributed by atoms with Gasteiger partial charge in [0, 0.05) is 0 Å². The van der Waals surface area contributed by atoms with Crippen LogP contribution in [0.4, 0.5) is 0 Å². The third kappa shape index (κ3) is 5.54. The Morgan fingerprint density at radius 2 is 1.74 bits per heavy atom. The van der Waals surface area contributed by atoms with E-state index in [0.29, 0.717) is 0 Å². The van der Waals surface area contributed by atoms with Crippen LogP contribution in [0, 0.1) is 11.8 Å².